The van der Waals surface area contributed by atoms with Crippen LogP contribution in [0, 0.1) is 26.6 Å². The first-order valence-corrected chi connectivity index (χ1v) is 12.5. The molecule has 6 rings (SSSR count). The number of phenolic OH excluding ortho intramolecular Hbond substituents is 1. The highest BCUT2D eigenvalue weighted by Crippen LogP contribution is 2.60. The third kappa shape index (κ3) is 3.21. The summed E-state index contributed by atoms with van der Waals surface area (Å²) in [5.74, 6) is -1.06. The lowest BCUT2D eigenvalue weighted by atomic mass is 9.66. The molecule has 37 heavy (non-hydrogen) atoms. The van der Waals surface area contributed by atoms with Crippen LogP contribution in [0.4, 0.5) is 4.39 Å². The molecule has 0 saturated heterocycles. The Labute approximate surface area is 214 Å². The van der Waals surface area contributed by atoms with E-state index in [2.05, 4.69) is 23.5 Å². The molecule has 0 radical (unpaired) electrons. The first-order chi connectivity index (χ1) is 17.4. The van der Waals surface area contributed by atoms with Crippen molar-refractivity contribution in [2.75, 3.05) is 6.61 Å². The number of hydrogen-bond donors (Lipinski definition) is 2. The zero-order valence-corrected chi connectivity index (χ0v) is 21.6. The minimum Gasteiger partial charge on any atom is -0.507 e. The maximum atomic E-state index is 14.2. The van der Waals surface area contributed by atoms with Gasteiger partial charge in [0.05, 0.1) is 35.2 Å². The van der Waals surface area contributed by atoms with Gasteiger partial charge in [-0.1, -0.05) is 19.9 Å². The summed E-state index contributed by atoms with van der Waals surface area (Å²) in [7, 11) is 0. The molecule has 7 nitrogen and oxygen atoms in total. The molecular weight excluding hydrogens is 473 g/mol. The summed E-state index contributed by atoms with van der Waals surface area (Å²) in [6, 6.07) is 10.6. The van der Waals surface area contributed by atoms with Crippen molar-refractivity contribution in [1.29, 1.82) is 0 Å². The fourth-order valence-corrected chi connectivity index (χ4v) is 6.43. The van der Waals surface area contributed by atoms with Crippen LogP contribution in [0.15, 0.2) is 36.4 Å². The van der Waals surface area contributed by atoms with Gasteiger partial charge in [-0.2, -0.15) is 5.10 Å². The number of aryl methyl sites for hydroxylation is 2. The molecule has 0 unspecified atom stereocenters. The Kier molecular flexibility index (Phi) is 4.92. The Morgan fingerprint density at radius 1 is 1.16 bits per heavy atom. The average Bonchev–Trinajstić information content (AvgIpc) is 3.31. The van der Waals surface area contributed by atoms with E-state index >= 15 is 0 Å². The normalized spacial score (nSPS) is 22.3. The number of aromatic nitrogens is 3. The van der Waals surface area contributed by atoms with Gasteiger partial charge >= 0.3 is 5.97 Å². The van der Waals surface area contributed by atoms with E-state index < -0.39 is 11.6 Å². The number of halogens is 1. The van der Waals surface area contributed by atoms with Crippen molar-refractivity contribution in [2.24, 2.45) is 0 Å². The maximum Gasteiger partial charge on any atom is 0.339 e. The monoisotopic (exact) mass is 503 g/mol. The first kappa shape index (κ1) is 23.7. The number of aromatic carboxylic acids is 1. The maximum absolute atomic E-state index is 14.2. The fraction of sp³-hybridized carbons (Fsp3) is 0.379. The summed E-state index contributed by atoms with van der Waals surface area (Å²) >= 11 is 0. The van der Waals surface area contributed by atoms with Crippen LogP contribution in [0.3, 0.4) is 0 Å². The minimum atomic E-state index is -0.976. The molecule has 1 saturated carbocycles. The molecule has 1 aliphatic carbocycles. The van der Waals surface area contributed by atoms with Crippen molar-refractivity contribution in [3.63, 3.8) is 0 Å². The molecule has 2 aromatic carbocycles. The third-order valence-electron chi connectivity index (χ3n) is 8.19. The SMILES string of the molecule is Cc1cc(-n2c3c(c4c(O)cccc42)C2(CC(n4nc(C)c(C(=O)O)c4C)C2)OCC3(C)C)ccc1F. The van der Waals surface area contributed by atoms with Gasteiger partial charge in [-0.05, 0) is 56.7 Å². The Bertz CT molecular complexity index is 1610. The van der Waals surface area contributed by atoms with Crippen LogP contribution in [0.1, 0.15) is 71.3 Å². The van der Waals surface area contributed by atoms with E-state index in [0.717, 1.165) is 27.8 Å². The molecule has 2 N–H and O–H groups in total. The number of ether oxygens (including phenoxy) is 1. The molecule has 0 bridgehead atoms. The van der Waals surface area contributed by atoms with Gasteiger partial charge in [0.1, 0.15) is 17.1 Å². The summed E-state index contributed by atoms with van der Waals surface area (Å²) < 4.78 is 24.8. The number of aromatic hydroxyl groups is 1. The van der Waals surface area contributed by atoms with Crippen molar-refractivity contribution in [3.05, 3.63) is 76.0 Å². The van der Waals surface area contributed by atoms with Gasteiger partial charge in [0.25, 0.3) is 0 Å². The Hall–Kier alpha value is -3.65. The summed E-state index contributed by atoms with van der Waals surface area (Å²) in [4.78, 5) is 11.7. The first-order valence-electron chi connectivity index (χ1n) is 12.5. The second-order valence-electron chi connectivity index (χ2n) is 11.2. The van der Waals surface area contributed by atoms with E-state index in [0.29, 0.717) is 36.4 Å². The van der Waals surface area contributed by atoms with Gasteiger partial charge < -0.3 is 19.5 Å². The van der Waals surface area contributed by atoms with Crippen LogP contribution in [0.2, 0.25) is 0 Å². The number of carboxylic acids is 1. The lowest BCUT2D eigenvalue weighted by Crippen LogP contribution is -2.51. The van der Waals surface area contributed by atoms with Gasteiger partial charge in [0.15, 0.2) is 0 Å². The third-order valence-corrected chi connectivity index (χ3v) is 8.19. The predicted molar refractivity (Wildman–Crippen MR) is 137 cm³/mol. The minimum absolute atomic E-state index is 0.0295. The molecule has 0 amide bonds. The molecule has 2 aromatic heterocycles. The largest absolute Gasteiger partial charge is 0.507 e. The Balaban J connectivity index is 1.55. The smallest absolute Gasteiger partial charge is 0.339 e. The van der Waals surface area contributed by atoms with Crippen molar-refractivity contribution in [2.45, 2.75) is 64.5 Å². The quantitative estimate of drug-likeness (QED) is 0.367. The van der Waals surface area contributed by atoms with Gasteiger partial charge in [-0.25, -0.2) is 9.18 Å². The summed E-state index contributed by atoms with van der Waals surface area (Å²) in [5, 5.41) is 26.0. The van der Waals surface area contributed by atoms with Crippen LogP contribution in [0.5, 0.6) is 5.75 Å². The van der Waals surface area contributed by atoms with Crippen molar-refractivity contribution in [3.8, 4) is 11.4 Å². The number of phenols is 1. The summed E-state index contributed by atoms with van der Waals surface area (Å²) in [5.41, 5.74) is 4.57. The van der Waals surface area contributed by atoms with Crippen LogP contribution < -0.4 is 0 Å². The fourth-order valence-electron chi connectivity index (χ4n) is 6.43. The second kappa shape index (κ2) is 7.68. The van der Waals surface area contributed by atoms with E-state index in [-0.39, 0.29) is 28.6 Å². The summed E-state index contributed by atoms with van der Waals surface area (Å²) in [6.45, 7) is 9.98. The molecule has 0 atom stereocenters. The lowest BCUT2D eigenvalue weighted by molar-refractivity contribution is -0.156. The predicted octanol–water partition coefficient (Wildman–Crippen LogP) is 5.83. The molecule has 1 spiro atoms. The van der Waals surface area contributed by atoms with E-state index in [1.807, 2.05) is 22.9 Å². The number of fused-ring (bicyclic) bond motifs is 4. The number of carboxylic acid groups (broad SMARTS) is 1. The second-order valence-corrected chi connectivity index (χ2v) is 11.2. The number of nitrogens with zero attached hydrogens (tertiary/aromatic N) is 3. The van der Waals surface area contributed by atoms with Gasteiger partial charge in [-0.3, -0.25) is 4.68 Å². The lowest BCUT2D eigenvalue weighted by Gasteiger charge is -2.53. The molecule has 4 aromatic rings. The van der Waals surface area contributed by atoms with Gasteiger partial charge in [0, 0.05) is 40.6 Å². The van der Waals surface area contributed by atoms with Crippen molar-refractivity contribution < 1.29 is 24.1 Å². The van der Waals surface area contributed by atoms with E-state index in [1.54, 1.807) is 32.9 Å². The molecule has 1 aliphatic heterocycles. The number of rotatable bonds is 3. The van der Waals surface area contributed by atoms with Crippen LogP contribution in [-0.4, -0.2) is 37.1 Å². The van der Waals surface area contributed by atoms with Crippen molar-refractivity contribution >= 4 is 16.9 Å². The zero-order valence-electron chi connectivity index (χ0n) is 21.6. The number of hydrogen-bond acceptors (Lipinski definition) is 4. The number of carbonyl (C=O) groups is 1. The van der Waals surface area contributed by atoms with Crippen LogP contribution in [-0.2, 0) is 15.8 Å². The standard InChI is InChI=1S/C29H30FN3O4/c1-15-11-18(9-10-20(15)30)32-21-7-6-8-22(34)24(21)25-26(32)28(4,5)14-37-29(25)12-19(13-29)33-17(3)23(27(35)36)16(2)31-33/h6-11,19,34H,12-14H2,1-5H3,(H,35,36). The molecule has 3 heterocycles. The molecule has 1 fully saturated rings. The highest BCUT2D eigenvalue weighted by Gasteiger charge is 2.56. The Morgan fingerprint density at radius 3 is 2.54 bits per heavy atom. The molecular formula is C29H30FN3O4. The van der Waals surface area contributed by atoms with Gasteiger partial charge in [-0.15, -0.1) is 0 Å². The van der Waals surface area contributed by atoms with Crippen LogP contribution >= 0.6 is 0 Å². The topological polar surface area (TPSA) is 89.5 Å². The highest BCUT2D eigenvalue weighted by molar-refractivity contribution is 5.94. The van der Waals surface area contributed by atoms with Crippen molar-refractivity contribution in [1.82, 2.24) is 14.3 Å². The zero-order chi connectivity index (χ0) is 26.4. The van der Waals surface area contributed by atoms with Gasteiger partial charge in [0.2, 0.25) is 0 Å². The van der Waals surface area contributed by atoms with E-state index in [1.165, 1.54) is 6.07 Å². The Morgan fingerprint density at radius 2 is 1.89 bits per heavy atom. The average molecular weight is 504 g/mol. The molecule has 192 valence electrons. The van der Waals surface area contributed by atoms with Crippen LogP contribution in [0.25, 0.3) is 16.6 Å². The van der Waals surface area contributed by atoms with E-state index in [9.17, 15) is 19.4 Å². The molecule has 2 aliphatic rings. The summed E-state index contributed by atoms with van der Waals surface area (Å²) in [6.07, 6.45) is 1.21. The molecule has 8 heteroatoms. The highest BCUT2D eigenvalue weighted by atomic mass is 19.1. The van der Waals surface area contributed by atoms with E-state index in [4.69, 9.17) is 4.74 Å². The number of benzene rings is 2.